The molecule has 4 rings (SSSR count). The quantitative estimate of drug-likeness (QED) is 0.625. The van der Waals surface area contributed by atoms with E-state index < -0.39 is 0 Å². The topological polar surface area (TPSA) is 76.6 Å². The summed E-state index contributed by atoms with van der Waals surface area (Å²) in [5, 5.41) is 8.02. The monoisotopic (exact) mass is 317 g/mol. The average Bonchev–Trinajstić information content (AvgIpc) is 3.09. The summed E-state index contributed by atoms with van der Waals surface area (Å²) in [5.41, 5.74) is 1.82. The van der Waals surface area contributed by atoms with Crippen molar-refractivity contribution in [2.45, 2.75) is 13.5 Å². The van der Waals surface area contributed by atoms with Crippen LogP contribution in [0.3, 0.4) is 0 Å². The molecule has 2 heterocycles. The molecule has 4 aromatic rings. The number of hydrogen-bond donors (Lipinski definition) is 1. The molecule has 0 saturated heterocycles. The summed E-state index contributed by atoms with van der Waals surface area (Å²) in [6.45, 7) is 2.11. The molecule has 0 aliphatic heterocycles. The van der Waals surface area contributed by atoms with Crippen molar-refractivity contribution in [3.05, 3.63) is 66.2 Å². The lowest BCUT2D eigenvalue weighted by atomic mass is 10.2. The fourth-order valence-corrected chi connectivity index (χ4v) is 2.48. The molecule has 24 heavy (non-hydrogen) atoms. The first-order valence-electron chi connectivity index (χ1n) is 7.62. The highest BCUT2D eigenvalue weighted by molar-refractivity contribution is 5.83. The van der Waals surface area contributed by atoms with Crippen LogP contribution in [0.5, 0.6) is 5.88 Å². The Balaban J connectivity index is 1.57. The van der Waals surface area contributed by atoms with E-state index in [2.05, 4.69) is 25.1 Å². The smallest absolute Gasteiger partial charge is 0.225 e. The van der Waals surface area contributed by atoms with Gasteiger partial charge < -0.3 is 4.74 Å². The molecule has 0 aliphatic rings. The van der Waals surface area contributed by atoms with E-state index in [4.69, 9.17) is 4.74 Å². The number of aromatic amines is 1. The molecule has 6 heteroatoms. The molecule has 2 aromatic heterocycles. The van der Waals surface area contributed by atoms with Crippen molar-refractivity contribution in [1.29, 1.82) is 0 Å². The number of hydrogen-bond acceptors (Lipinski definition) is 5. The van der Waals surface area contributed by atoms with Gasteiger partial charge >= 0.3 is 0 Å². The van der Waals surface area contributed by atoms with Crippen molar-refractivity contribution >= 4 is 10.9 Å². The molecule has 1 N–H and O–H groups in total. The van der Waals surface area contributed by atoms with Crippen LogP contribution in [0, 0.1) is 6.92 Å². The number of nitrogens with one attached hydrogen (secondary N) is 1. The third-order valence-electron chi connectivity index (χ3n) is 3.59. The standard InChI is InChI=1S/C18H15N5O/c1-12-19-15-10-6-5-9-14(15)18(20-12)24-11-16-21-17(23-22-16)13-7-3-2-4-8-13/h2-10H,11H2,1H3,(H,21,22,23). The Morgan fingerprint density at radius 2 is 1.71 bits per heavy atom. The number of aromatic nitrogens is 5. The Labute approximate surface area is 138 Å². The molecular weight excluding hydrogens is 302 g/mol. The summed E-state index contributed by atoms with van der Waals surface area (Å²) >= 11 is 0. The van der Waals surface area contributed by atoms with Crippen LogP contribution in [0.1, 0.15) is 11.6 Å². The zero-order valence-electron chi connectivity index (χ0n) is 13.1. The maximum absolute atomic E-state index is 5.85. The third kappa shape index (κ3) is 2.81. The molecule has 0 bridgehead atoms. The molecule has 0 aliphatic carbocycles. The Bertz CT molecular complexity index is 981. The van der Waals surface area contributed by atoms with Gasteiger partial charge in [-0.15, -0.1) is 0 Å². The van der Waals surface area contributed by atoms with Crippen LogP contribution in [0.25, 0.3) is 22.3 Å². The molecule has 0 spiro atoms. The Hall–Kier alpha value is -3.28. The third-order valence-corrected chi connectivity index (χ3v) is 3.59. The van der Waals surface area contributed by atoms with Crippen LogP contribution in [-0.2, 0) is 6.61 Å². The predicted octanol–water partition coefficient (Wildman–Crippen LogP) is 3.30. The van der Waals surface area contributed by atoms with E-state index in [0.29, 0.717) is 23.4 Å². The predicted molar refractivity (Wildman–Crippen MR) is 90.4 cm³/mol. The number of ether oxygens (including phenoxy) is 1. The van der Waals surface area contributed by atoms with Crippen LogP contribution >= 0.6 is 0 Å². The fourth-order valence-electron chi connectivity index (χ4n) is 2.48. The van der Waals surface area contributed by atoms with Crippen LogP contribution < -0.4 is 4.74 Å². The lowest BCUT2D eigenvalue weighted by Crippen LogP contribution is -2.02. The van der Waals surface area contributed by atoms with E-state index in [-0.39, 0.29) is 6.61 Å². The summed E-state index contributed by atoms with van der Waals surface area (Å²) in [6.07, 6.45) is 0. The molecular formula is C18H15N5O. The zero-order valence-corrected chi connectivity index (χ0v) is 13.1. The van der Waals surface area contributed by atoms with Crippen molar-refractivity contribution in [3.63, 3.8) is 0 Å². The van der Waals surface area contributed by atoms with E-state index in [1.807, 2.05) is 61.5 Å². The van der Waals surface area contributed by atoms with Gasteiger partial charge in [-0.25, -0.2) is 9.97 Å². The molecule has 0 radical (unpaired) electrons. The second-order valence-corrected chi connectivity index (χ2v) is 5.35. The van der Waals surface area contributed by atoms with E-state index in [0.717, 1.165) is 16.5 Å². The second-order valence-electron chi connectivity index (χ2n) is 5.35. The first kappa shape index (κ1) is 14.3. The van der Waals surface area contributed by atoms with Crippen molar-refractivity contribution in [1.82, 2.24) is 25.1 Å². The molecule has 2 aromatic carbocycles. The number of para-hydroxylation sites is 1. The largest absolute Gasteiger partial charge is 0.469 e. The van der Waals surface area contributed by atoms with Gasteiger partial charge in [-0.05, 0) is 19.1 Å². The minimum Gasteiger partial charge on any atom is -0.469 e. The fraction of sp³-hybridized carbons (Fsp3) is 0.111. The van der Waals surface area contributed by atoms with Crippen LogP contribution in [-0.4, -0.2) is 25.1 Å². The Kier molecular flexibility index (Phi) is 3.63. The summed E-state index contributed by atoms with van der Waals surface area (Å²) in [7, 11) is 0. The number of nitrogens with zero attached hydrogens (tertiary/aromatic N) is 4. The van der Waals surface area contributed by atoms with Gasteiger partial charge in [0, 0.05) is 5.56 Å². The highest BCUT2D eigenvalue weighted by atomic mass is 16.5. The number of aryl methyl sites for hydroxylation is 1. The van der Waals surface area contributed by atoms with Gasteiger partial charge in [-0.1, -0.05) is 42.5 Å². The lowest BCUT2D eigenvalue weighted by molar-refractivity contribution is 0.287. The number of benzene rings is 2. The molecule has 6 nitrogen and oxygen atoms in total. The molecule has 0 saturated carbocycles. The van der Waals surface area contributed by atoms with Gasteiger partial charge in [-0.2, -0.15) is 10.1 Å². The molecule has 0 atom stereocenters. The minimum absolute atomic E-state index is 0.264. The van der Waals surface area contributed by atoms with E-state index in [1.165, 1.54) is 0 Å². The van der Waals surface area contributed by atoms with Gasteiger partial charge in [0.1, 0.15) is 12.4 Å². The second kappa shape index (κ2) is 6.08. The maximum atomic E-state index is 5.85. The van der Waals surface area contributed by atoms with Crippen molar-refractivity contribution in [2.75, 3.05) is 0 Å². The normalized spacial score (nSPS) is 10.9. The zero-order chi connectivity index (χ0) is 16.4. The first-order valence-corrected chi connectivity index (χ1v) is 7.62. The Morgan fingerprint density at radius 1 is 0.917 bits per heavy atom. The van der Waals surface area contributed by atoms with E-state index >= 15 is 0 Å². The van der Waals surface area contributed by atoms with Crippen molar-refractivity contribution in [3.8, 4) is 17.3 Å². The summed E-state index contributed by atoms with van der Waals surface area (Å²) in [4.78, 5) is 13.3. The van der Waals surface area contributed by atoms with Crippen LogP contribution in [0.15, 0.2) is 54.6 Å². The van der Waals surface area contributed by atoms with E-state index in [9.17, 15) is 0 Å². The SMILES string of the molecule is Cc1nc(OCc2nc(-c3ccccc3)n[nH]2)c2ccccc2n1. The Morgan fingerprint density at radius 3 is 2.58 bits per heavy atom. The van der Waals surface area contributed by atoms with Gasteiger partial charge in [0.2, 0.25) is 5.88 Å². The van der Waals surface area contributed by atoms with Crippen LogP contribution in [0.4, 0.5) is 0 Å². The average molecular weight is 317 g/mol. The highest BCUT2D eigenvalue weighted by Crippen LogP contribution is 2.22. The molecule has 0 fully saturated rings. The maximum Gasteiger partial charge on any atom is 0.225 e. The summed E-state index contributed by atoms with van der Waals surface area (Å²) in [5.74, 6) is 2.52. The van der Waals surface area contributed by atoms with Gasteiger partial charge in [0.15, 0.2) is 11.6 Å². The van der Waals surface area contributed by atoms with Crippen molar-refractivity contribution in [2.24, 2.45) is 0 Å². The van der Waals surface area contributed by atoms with Gasteiger partial charge in [-0.3, -0.25) is 5.10 Å². The number of rotatable bonds is 4. The molecule has 118 valence electrons. The molecule has 0 unspecified atom stereocenters. The van der Waals surface area contributed by atoms with Gasteiger partial charge in [0.05, 0.1) is 10.9 Å². The minimum atomic E-state index is 0.264. The highest BCUT2D eigenvalue weighted by Gasteiger charge is 2.09. The van der Waals surface area contributed by atoms with Gasteiger partial charge in [0.25, 0.3) is 0 Å². The lowest BCUT2D eigenvalue weighted by Gasteiger charge is -2.07. The van der Waals surface area contributed by atoms with Crippen molar-refractivity contribution < 1.29 is 4.74 Å². The van der Waals surface area contributed by atoms with E-state index in [1.54, 1.807) is 0 Å². The number of H-pyrrole nitrogens is 1. The van der Waals surface area contributed by atoms with Crippen LogP contribution in [0.2, 0.25) is 0 Å². The summed E-state index contributed by atoms with van der Waals surface area (Å²) in [6, 6.07) is 17.6. The number of fused-ring (bicyclic) bond motifs is 1. The molecule has 0 amide bonds. The summed E-state index contributed by atoms with van der Waals surface area (Å²) < 4.78 is 5.85. The first-order chi connectivity index (χ1) is 11.8.